The van der Waals surface area contributed by atoms with Crippen LogP contribution in [0.25, 0.3) is 0 Å². The van der Waals surface area contributed by atoms with E-state index >= 15 is 0 Å². The molecule has 1 fully saturated rings. The van der Waals surface area contributed by atoms with Crippen LogP contribution in [-0.4, -0.2) is 71.1 Å². The van der Waals surface area contributed by atoms with Crippen LogP contribution < -0.4 is 27.4 Å². The van der Waals surface area contributed by atoms with Gasteiger partial charge in [0, 0.05) is 6.54 Å². The van der Waals surface area contributed by atoms with E-state index in [1.54, 1.807) is 0 Å². The standard InChI is InChI=1S/C15H26N6O6/c16-15(17)19-6-2-4-9(20-12(24)8-3-1-5-18-8)13(25)21-10(14(26)27)7-11(22)23/h8-10,18H,1-7H2,(H,20,24)(H,21,25)(H,22,23)(H,26,27)(H4,16,17,19)/t8-,9-,10-/m0/s1. The summed E-state index contributed by atoms with van der Waals surface area (Å²) in [5, 5.41) is 25.6. The van der Waals surface area contributed by atoms with Crippen LogP contribution in [0.3, 0.4) is 0 Å². The summed E-state index contributed by atoms with van der Waals surface area (Å²) >= 11 is 0. The van der Waals surface area contributed by atoms with E-state index in [4.69, 9.17) is 21.7 Å². The zero-order chi connectivity index (χ0) is 20.4. The fourth-order valence-electron chi connectivity index (χ4n) is 2.60. The quantitative estimate of drug-likeness (QED) is 0.112. The molecule has 0 bridgehead atoms. The van der Waals surface area contributed by atoms with Crippen molar-refractivity contribution in [1.82, 2.24) is 16.0 Å². The van der Waals surface area contributed by atoms with Gasteiger partial charge < -0.3 is 37.6 Å². The Labute approximate surface area is 155 Å². The fraction of sp³-hybridized carbons (Fsp3) is 0.667. The molecule has 0 aromatic carbocycles. The first-order chi connectivity index (χ1) is 12.7. The first-order valence-corrected chi connectivity index (χ1v) is 8.54. The van der Waals surface area contributed by atoms with Crippen molar-refractivity contribution in [1.29, 1.82) is 0 Å². The third-order valence-electron chi connectivity index (χ3n) is 3.95. The second kappa shape index (κ2) is 11.0. The van der Waals surface area contributed by atoms with Crippen LogP contribution in [-0.2, 0) is 19.2 Å². The SMILES string of the molecule is NC(N)=NCCC[C@H](NC(=O)[C@@H]1CCCN1)C(=O)N[C@@H](CC(=O)O)C(=O)O. The number of amides is 2. The van der Waals surface area contributed by atoms with Crippen LogP contribution in [0.15, 0.2) is 4.99 Å². The fourth-order valence-corrected chi connectivity index (χ4v) is 2.60. The molecule has 27 heavy (non-hydrogen) atoms. The molecule has 152 valence electrons. The molecule has 12 heteroatoms. The summed E-state index contributed by atoms with van der Waals surface area (Å²) in [4.78, 5) is 50.4. The number of hydrogen-bond donors (Lipinski definition) is 7. The molecule has 0 spiro atoms. The molecule has 1 aliphatic heterocycles. The van der Waals surface area contributed by atoms with Crippen molar-refractivity contribution in [2.45, 2.75) is 50.2 Å². The van der Waals surface area contributed by atoms with Crippen LogP contribution in [0.1, 0.15) is 32.1 Å². The smallest absolute Gasteiger partial charge is 0.326 e. The third kappa shape index (κ3) is 8.35. The molecule has 0 saturated carbocycles. The van der Waals surface area contributed by atoms with E-state index in [2.05, 4.69) is 20.9 Å². The Balaban J connectivity index is 2.75. The maximum atomic E-state index is 12.4. The van der Waals surface area contributed by atoms with E-state index in [1.165, 1.54) is 0 Å². The number of aliphatic imine (C=N–C) groups is 1. The Hall–Kier alpha value is -2.89. The normalized spacial score (nSPS) is 18.1. The number of nitrogens with zero attached hydrogens (tertiary/aromatic N) is 1. The first kappa shape index (κ1) is 22.2. The number of carbonyl (C=O) groups excluding carboxylic acids is 2. The van der Waals surface area contributed by atoms with Crippen LogP contribution in [0.4, 0.5) is 0 Å². The van der Waals surface area contributed by atoms with Gasteiger partial charge in [-0.05, 0) is 32.2 Å². The molecule has 0 aliphatic carbocycles. The van der Waals surface area contributed by atoms with E-state index in [0.717, 1.165) is 6.42 Å². The Kier molecular flexibility index (Phi) is 8.99. The summed E-state index contributed by atoms with van der Waals surface area (Å²) in [7, 11) is 0. The second-order valence-electron chi connectivity index (χ2n) is 6.16. The molecule has 1 aliphatic rings. The van der Waals surface area contributed by atoms with E-state index < -0.39 is 42.4 Å². The minimum atomic E-state index is -1.60. The molecule has 12 nitrogen and oxygen atoms in total. The maximum absolute atomic E-state index is 12.4. The lowest BCUT2D eigenvalue weighted by molar-refractivity contribution is -0.147. The number of nitrogens with two attached hydrogens (primary N) is 2. The Morgan fingerprint density at radius 2 is 1.85 bits per heavy atom. The van der Waals surface area contributed by atoms with Crippen LogP contribution in [0.2, 0.25) is 0 Å². The van der Waals surface area contributed by atoms with Crippen LogP contribution >= 0.6 is 0 Å². The predicted octanol–water partition coefficient (Wildman–Crippen LogP) is -2.68. The van der Waals surface area contributed by atoms with Gasteiger partial charge in [-0.25, -0.2) is 4.79 Å². The van der Waals surface area contributed by atoms with E-state index in [9.17, 15) is 19.2 Å². The Morgan fingerprint density at radius 1 is 1.15 bits per heavy atom. The Morgan fingerprint density at radius 3 is 2.37 bits per heavy atom. The molecule has 3 atom stereocenters. The van der Waals surface area contributed by atoms with E-state index in [1.807, 2.05) is 0 Å². The lowest BCUT2D eigenvalue weighted by atomic mass is 10.1. The summed E-state index contributed by atoms with van der Waals surface area (Å²) in [6.45, 7) is 0.917. The molecule has 1 heterocycles. The highest BCUT2D eigenvalue weighted by Crippen LogP contribution is 2.07. The number of carboxylic acids is 2. The number of guanidine groups is 1. The van der Waals surface area contributed by atoms with Crippen LogP contribution in [0, 0.1) is 0 Å². The van der Waals surface area contributed by atoms with Gasteiger partial charge in [-0.15, -0.1) is 0 Å². The average Bonchev–Trinajstić information content (AvgIpc) is 3.10. The van der Waals surface area contributed by atoms with Gasteiger partial charge in [0.2, 0.25) is 11.8 Å². The summed E-state index contributed by atoms with van der Waals surface area (Å²) < 4.78 is 0. The molecule has 1 saturated heterocycles. The lowest BCUT2D eigenvalue weighted by Crippen LogP contribution is -2.54. The monoisotopic (exact) mass is 386 g/mol. The van der Waals surface area contributed by atoms with Crippen molar-refractivity contribution < 1.29 is 29.4 Å². The zero-order valence-corrected chi connectivity index (χ0v) is 14.8. The van der Waals surface area contributed by atoms with Gasteiger partial charge in [0.15, 0.2) is 5.96 Å². The summed E-state index contributed by atoms with van der Waals surface area (Å²) in [6, 6.07) is -3.06. The van der Waals surface area contributed by atoms with Gasteiger partial charge in [-0.2, -0.15) is 0 Å². The van der Waals surface area contributed by atoms with Gasteiger partial charge in [0.1, 0.15) is 12.1 Å². The number of carbonyl (C=O) groups is 4. The maximum Gasteiger partial charge on any atom is 0.326 e. The molecule has 0 aromatic rings. The van der Waals surface area contributed by atoms with E-state index in [-0.39, 0.29) is 24.8 Å². The van der Waals surface area contributed by atoms with E-state index in [0.29, 0.717) is 19.4 Å². The summed E-state index contributed by atoms with van der Waals surface area (Å²) in [6.07, 6.45) is 1.19. The van der Waals surface area contributed by atoms with Gasteiger partial charge in [-0.3, -0.25) is 19.4 Å². The van der Waals surface area contributed by atoms with Crippen molar-refractivity contribution >= 4 is 29.7 Å². The van der Waals surface area contributed by atoms with Crippen LogP contribution in [0.5, 0.6) is 0 Å². The number of rotatable bonds is 11. The van der Waals surface area contributed by atoms with Gasteiger partial charge >= 0.3 is 11.9 Å². The Bertz CT molecular complexity index is 585. The molecule has 9 N–H and O–H groups in total. The summed E-state index contributed by atoms with van der Waals surface area (Å²) in [5.74, 6) is -4.11. The first-order valence-electron chi connectivity index (χ1n) is 8.54. The van der Waals surface area contributed by atoms with Gasteiger partial charge in [0.05, 0.1) is 12.5 Å². The summed E-state index contributed by atoms with van der Waals surface area (Å²) in [5.41, 5.74) is 10.5. The minimum absolute atomic E-state index is 0.109. The number of hydrogen-bond acceptors (Lipinski definition) is 6. The number of nitrogens with one attached hydrogen (secondary N) is 3. The topological polar surface area (TPSA) is 209 Å². The minimum Gasteiger partial charge on any atom is -0.481 e. The molecule has 0 radical (unpaired) electrons. The van der Waals surface area contributed by atoms with Gasteiger partial charge in [0.25, 0.3) is 0 Å². The molecule has 1 rings (SSSR count). The molecule has 0 unspecified atom stereocenters. The van der Waals surface area contributed by atoms with Gasteiger partial charge in [-0.1, -0.05) is 0 Å². The molecular weight excluding hydrogens is 360 g/mol. The third-order valence-corrected chi connectivity index (χ3v) is 3.95. The number of carboxylic acid groups (broad SMARTS) is 2. The van der Waals surface area contributed by atoms with Crippen molar-refractivity contribution in [2.75, 3.05) is 13.1 Å². The second-order valence-corrected chi connectivity index (χ2v) is 6.16. The van der Waals surface area contributed by atoms with Crippen molar-refractivity contribution in [3.05, 3.63) is 0 Å². The van der Waals surface area contributed by atoms with Crippen molar-refractivity contribution in [2.24, 2.45) is 16.5 Å². The van der Waals surface area contributed by atoms with Crippen molar-refractivity contribution in [3.63, 3.8) is 0 Å². The average molecular weight is 386 g/mol. The predicted molar refractivity (Wildman–Crippen MR) is 94.7 cm³/mol. The lowest BCUT2D eigenvalue weighted by Gasteiger charge is -2.22. The largest absolute Gasteiger partial charge is 0.481 e. The molecular formula is C15H26N6O6. The molecule has 2 amide bonds. The highest BCUT2D eigenvalue weighted by molar-refractivity contribution is 5.92. The highest BCUT2D eigenvalue weighted by atomic mass is 16.4. The van der Waals surface area contributed by atoms with Crippen molar-refractivity contribution in [3.8, 4) is 0 Å². The molecule has 0 aromatic heterocycles. The number of aliphatic carboxylic acids is 2. The zero-order valence-electron chi connectivity index (χ0n) is 14.8. The highest BCUT2D eigenvalue weighted by Gasteiger charge is 2.30.